The fourth-order valence-electron chi connectivity index (χ4n) is 3.84. The van der Waals surface area contributed by atoms with Crippen molar-refractivity contribution in [2.24, 2.45) is 5.41 Å². The second-order valence-corrected chi connectivity index (χ2v) is 13.0. The van der Waals surface area contributed by atoms with Crippen LogP contribution in [0.4, 0.5) is 0 Å². The van der Waals surface area contributed by atoms with Crippen molar-refractivity contribution in [2.45, 2.75) is 72.3 Å². The van der Waals surface area contributed by atoms with Crippen molar-refractivity contribution in [3.63, 3.8) is 0 Å². The zero-order valence-corrected chi connectivity index (χ0v) is 27.0. The third kappa shape index (κ3) is 10.3. The normalized spacial score (nSPS) is 20.7. The maximum absolute atomic E-state index is 13.4. The molecule has 246 valence electrons. The van der Waals surface area contributed by atoms with E-state index < -0.39 is 73.9 Å². The van der Waals surface area contributed by atoms with Gasteiger partial charge in [-0.25, -0.2) is 9.36 Å². The summed E-state index contributed by atoms with van der Waals surface area (Å²) in [5.41, 5.74) is -3.14. The first kappa shape index (κ1) is 37.2. The van der Waals surface area contributed by atoms with E-state index in [0.717, 1.165) is 11.7 Å². The van der Waals surface area contributed by atoms with Crippen LogP contribution in [0.3, 0.4) is 0 Å². The van der Waals surface area contributed by atoms with Gasteiger partial charge >= 0.3 is 25.5 Å². The minimum atomic E-state index is -4.50. The van der Waals surface area contributed by atoms with Crippen molar-refractivity contribution in [3.8, 4) is 0 Å². The Balaban J connectivity index is 2.25. The number of aromatic amines is 1. The van der Waals surface area contributed by atoms with Crippen LogP contribution in [0.1, 0.15) is 58.7 Å². The number of hydrogen-bond acceptors (Lipinski definition) is 15. The molecule has 1 fully saturated rings. The maximum Gasteiger partial charge on any atom is 0.474 e. The average molecular weight is 665 g/mol. The zero-order valence-electron chi connectivity index (χ0n) is 25.3. The van der Waals surface area contributed by atoms with Crippen LogP contribution in [0.25, 0.3) is 0 Å². The fraction of sp³-hybridized carbons (Fsp3) is 0.654. The van der Waals surface area contributed by atoms with Crippen molar-refractivity contribution in [1.82, 2.24) is 9.55 Å². The molecule has 1 aliphatic heterocycles. The third-order valence-corrected chi connectivity index (χ3v) is 8.65. The Labute approximate surface area is 257 Å². The molecular weight excluding hydrogens is 627 g/mol. The summed E-state index contributed by atoms with van der Waals surface area (Å²) in [5.74, 6) is -3.03. The number of aromatic nitrogens is 2. The second-order valence-electron chi connectivity index (χ2n) is 10.0. The van der Waals surface area contributed by atoms with E-state index in [9.17, 15) is 38.1 Å². The minimum Gasteiger partial charge on any atom is -0.465 e. The quantitative estimate of drug-likeness (QED) is 0.142. The summed E-state index contributed by atoms with van der Waals surface area (Å²) in [7, 11) is -3.51. The first-order valence-corrected chi connectivity index (χ1v) is 15.9. The van der Waals surface area contributed by atoms with Gasteiger partial charge in [0.2, 0.25) is 0 Å². The lowest BCUT2D eigenvalue weighted by molar-refractivity contribution is -0.160. The lowest BCUT2D eigenvalue weighted by atomic mass is 9.87. The van der Waals surface area contributed by atoms with Gasteiger partial charge in [-0.3, -0.25) is 47.1 Å². The third-order valence-electron chi connectivity index (χ3n) is 6.48. The van der Waals surface area contributed by atoms with Gasteiger partial charge in [-0.15, -0.1) is 0 Å². The Hall–Kier alpha value is -2.95. The maximum atomic E-state index is 13.4. The molecule has 1 aromatic rings. The molecule has 1 aromatic heterocycles. The van der Waals surface area contributed by atoms with Crippen LogP contribution in [0.2, 0.25) is 0 Å². The molecule has 18 heteroatoms. The van der Waals surface area contributed by atoms with Crippen molar-refractivity contribution < 1.29 is 56.3 Å². The monoisotopic (exact) mass is 664 g/mol. The van der Waals surface area contributed by atoms with Crippen molar-refractivity contribution in [3.05, 3.63) is 32.6 Å². The number of rotatable bonds is 17. The number of nitrogens with one attached hydrogen (secondary N) is 1. The number of esters is 2. The van der Waals surface area contributed by atoms with Crippen molar-refractivity contribution in [1.29, 1.82) is 0 Å². The first-order chi connectivity index (χ1) is 20.5. The molecule has 16 nitrogen and oxygen atoms in total. The van der Waals surface area contributed by atoms with Crippen molar-refractivity contribution >= 4 is 48.2 Å². The van der Waals surface area contributed by atoms with Gasteiger partial charge < -0.3 is 19.0 Å². The number of ether oxygens (including phenoxy) is 3. The first-order valence-electron chi connectivity index (χ1n) is 13.5. The molecule has 0 amide bonds. The smallest absolute Gasteiger partial charge is 0.465 e. The SMILES string of the molecule is CCOC(=O)C(C)(COP(=O)(OC)OC[C@H]1O[C@@H](n2cc(C)c(=O)[nH]c2=O)C[C@@H]1OC(=O)CCC(C)=O)C(=O)CSC(C)=O. The van der Waals surface area contributed by atoms with E-state index in [0.29, 0.717) is 11.8 Å². The van der Waals surface area contributed by atoms with Gasteiger partial charge in [-0.2, -0.15) is 0 Å². The Morgan fingerprint density at radius 3 is 2.43 bits per heavy atom. The highest BCUT2D eigenvalue weighted by Crippen LogP contribution is 2.50. The van der Waals surface area contributed by atoms with Crippen LogP contribution in [0, 0.1) is 12.3 Å². The summed E-state index contributed by atoms with van der Waals surface area (Å²) in [6.45, 7) is 5.34. The largest absolute Gasteiger partial charge is 0.474 e. The molecule has 2 heterocycles. The summed E-state index contributed by atoms with van der Waals surface area (Å²) < 4.78 is 46.5. The predicted molar refractivity (Wildman–Crippen MR) is 154 cm³/mol. The number of carbonyl (C=O) groups excluding carboxylic acids is 5. The highest BCUT2D eigenvalue weighted by Gasteiger charge is 2.46. The Morgan fingerprint density at radius 2 is 1.84 bits per heavy atom. The second kappa shape index (κ2) is 16.4. The van der Waals surface area contributed by atoms with Crippen molar-refractivity contribution in [2.75, 3.05) is 32.7 Å². The molecule has 1 saturated heterocycles. The number of hydrogen-bond donors (Lipinski definition) is 1. The topological polar surface area (TPSA) is 213 Å². The minimum absolute atomic E-state index is 0.0643. The molecule has 1 aliphatic rings. The van der Waals surface area contributed by atoms with E-state index in [1.165, 1.54) is 40.8 Å². The number of thioether (sulfide) groups is 1. The van der Waals surface area contributed by atoms with E-state index in [4.69, 9.17) is 27.8 Å². The summed E-state index contributed by atoms with van der Waals surface area (Å²) in [6.07, 6.45) is -2.33. The summed E-state index contributed by atoms with van der Waals surface area (Å²) in [6, 6.07) is 0. The van der Waals surface area contributed by atoms with Crippen LogP contribution < -0.4 is 11.2 Å². The van der Waals surface area contributed by atoms with Gasteiger partial charge in [-0.05, 0) is 27.7 Å². The van der Waals surface area contributed by atoms with Crippen LogP contribution in [-0.2, 0) is 56.3 Å². The molecular formula is C26H37N2O14PS. The van der Waals surface area contributed by atoms with E-state index in [1.807, 2.05) is 0 Å². The van der Waals surface area contributed by atoms with Gasteiger partial charge in [0.25, 0.3) is 5.56 Å². The number of phosphoric acid groups is 1. The van der Waals surface area contributed by atoms with Gasteiger partial charge in [-0.1, -0.05) is 11.8 Å². The van der Waals surface area contributed by atoms with Crippen LogP contribution in [0.15, 0.2) is 15.8 Å². The molecule has 5 atom stereocenters. The van der Waals surface area contributed by atoms with Gasteiger partial charge in [0.05, 0.1) is 32.0 Å². The van der Waals surface area contributed by atoms with Gasteiger partial charge in [0.15, 0.2) is 10.9 Å². The Bertz CT molecular complexity index is 1410. The average Bonchev–Trinajstić information content (AvgIpc) is 3.36. The molecule has 0 aromatic carbocycles. The number of ketones is 2. The molecule has 0 bridgehead atoms. The van der Waals surface area contributed by atoms with Gasteiger partial charge in [0.1, 0.15) is 29.6 Å². The molecule has 44 heavy (non-hydrogen) atoms. The summed E-state index contributed by atoms with van der Waals surface area (Å²) in [5, 5.41) is -0.359. The highest BCUT2D eigenvalue weighted by molar-refractivity contribution is 8.14. The number of aryl methyl sites for hydroxylation is 1. The van der Waals surface area contributed by atoms with E-state index in [1.54, 1.807) is 0 Å². The lowest BCUT2D eigenvalue weighted by Crippen LogP contribution is -2.43. The fourth-order valence-corrected chi connectivity index (χ4v) is 5.52. The molecule has 0 saturated carbocycles. The van der Waals surface area contributed by atoms with E-state index in [-0.39, 0.29) is 48.1 Å². The van der Waals surface area contributed by atoms with Crippen LogP contribution >= 0.6 is 19.6 Å². The number of phosphoric ester groups is 1. The Kier molecular flexibility index (Phi) is 13.9. The van der Waals surface area contributed by atoms with E-state index >= 15 is 0 Å². The number of Topliss-reactive ketones (excluding diaryl/α,β-unsaturated/α-hetero) is 2. The number of nitrogens with zero attached hydrogens (tertiary/aromatic N) is 1. The molecule has 1 N–H and O–H groups in total. The number of H-pyrrole nitrogens is 1. The molecule has 0 aliphatic carbocycles. The highest BCUT2D eigenvalue weighted by atomic mass is 32.2. The summed E-state index contributed by atoms with van der Waals surface area (Å²) >= 11 is 0.675. The molecule has 2 unspecified atom stereocenters. The Morgan fingerprint density at radius 1 is 1.16 bits per heavy atom. The number of carbonyl (C=O) groups is 5. The van der Waals surface area contributed by atoms with Gasteiger partial charge in [0, 0.05) is 38.6 Å². The molecule has 0 spiro atoms. The van der Waals surface area contributed by atoms with Crippen LogP contribution in [0.5, 0.6) is 0 Å². The molecule has 0 radical (unpaired) electrons. The molecule has 2 rings (SSSR count). The zero-order chi connectivity index (χ0) is 33.2. The summed E-state index contributed by atoms with van der Waals surface area (Å²) in [4.78, 5) is 87.1. The lowest BCUT2D eigenvalue weighted by Gasteiger charge is -2.27. The standard InChI is InChI=1S/C26H37N2O14PS/c1-7-38-24(34)26(5,20(31)13-44-17(4)30)14-40-43(36,37-6)39-12-19-18(42-22(32)9-8-16(3)29)10-21(41-19)28-11-15(2)23(33)27-25(28)35/h11,18-19,21H,7-10,12-14H2,1-6H3,(H,27,33,35)/t18-,19+,21+,26?,43?/m0/s1. The predicted octanol–water partition coefficient (Wildman–Crippen LogP) is 1.62. The van der Waals surface area contributed by atoms with Crippen LogP contribution in [-0.4, -0.2) is 83.1 Å². The van der Waals surface area contributed by atoms with E-state index in [2.05, 4.69) is 4.98 Å².